The second-order valence-corrected chi connectivity index (χ2v) is 7.92. The lowest BCUT2D eigenvalue weighted by Gasteiger charge is -2.42. The predicted molar refractivity (Wildman–Crippen MR) is 123 cm³/mol. The van der Waals surface area contributed by atoms with E-state index in [-0.39, 0.29) is 22.5 Å². The van der Waals surface area contributed by atoms with E-state index in [0.717, 1.165) is 5.56 Å². The Morgan fingerprint density at radius 2 is 1.62 bits per heavy atom. The second kappa shape index (κ2) is 9.05. The number of carbonyl (C=O) groups is 1. The fourth-order valence-electron chi connectivity index (χ4n) is 3.89. The highest BCUT2D eigenvalue weighted by Gasteiger charge is 2.59. The topological polar surface area (TPSA) is 63.2 Å². The van der Waals surface area contributed by atoms with Crippen LogP contribution in [0.4, 0.5) is 18.0 Å². The number of rotatable bonds is 4. The van der Waals surface area contributed by atoms with E-state index >= 15 is 0 Å². The summed E-state index contributed by atoms with van der Waals surface area (Å²) in [5.41, 5.74) is -0.824. The number of ether oxygens (including phenoxy) is 1. The highest BCUT2D eigenvalue weighted by molar-refractivity contribution is 5.80. The van der Waals surface area contributed by atoms with Gasteiger partial charge in [0.2, 0.25) is 0 Å². The maximum atomic E-state index is 14.7. The van der Waals surface area contributed by atoms with Crippen LogP contribution in [0.2, 0.25) is 0 Å². The molecule has 3 aromatic rings. The number of pyridine rings is 1. The van der Waals surface area contributed by atoms with Gasteiger partial charge in [-0.05, 0) is 60.9 Å². The molecule has 0 bridgehead atoms. The largest absolute Gasteiger partial charge is 0.419 e. The Morgan fingerprint density at radius 1 is 0.971 bits per heavy atom. The lowest BCUT2D eigenvalue weighted by atomic mass is 9.79. The molecule has 4 rings (SSSR count). The van der Waals surface area contributed by atoms with Crippen molar-refractivity contribution >= 4 is 11.8 Å². The molecule has 2 N–H and O–H groups in total. The van der Waals surface area contributed by atoms with Gasteiger partial charge in [-0.15, -0.1) is 0 Å². The van der Waals surface area contributed by atoms with Crippen molar-refractivity contribution in [2.24, 2.45) is 0 Å². The molecule has 1 aromatic heterocycles. The van der Waals surface area contributed by atoms with Crippen LogP contribution in [0.5, 0.6) is 5.75 Å². The van der Waals surface area contributed by atoms with Crippen molar-refractivity contribution in [1.82, 2.24) is 15.6 Å². The number of nitrogens with zero attached hydrogens (tertiary/aromatic N) is 1. The number of nitrogens with one attached hydrogen (secondary N) is 2. The molecule has 2 heterocycles. The van der Waals surface area contributed by atoms with E-state index in [0.29, 0.717) is 11.3 Å². The number of hydrogen-bond donors (Lipinski definition) is 2. The van der Waals surface area contributed by atoms with Crippen molar-refractivity contribution < 1.29 is 22.7 Å². The van der Waals surface area contributed by atoms with Crippen molar-refractivity contribution in [3.63, 3.8) is 0 Å². The third kappa shape index (κ3) is 4.39. The van der Waals surface area contributed by atoms with E-state index in [2.05, 4.69) is 15.6 Å². The second-order valence-electron chi connectivity index (χ2n) is 7.92. The van der Waals surface area contributed by atoms with Crippen LogP contribution in [0.15, 0.2) is 96.5 Å². The van der Waals surface area contributed by atoms with Gasteiger partial charge >= 0.3 is 12.3 Å². The zero-order valence-corrected chi connectivity index (χ0v) is 18.5. The first kappa shape index (κ1) is 23.1. The van der Waals surface area contributed by atoms with E-state index in [1.807, 2.05) is 6.92 Å². The minimum Gasteiger partial charge on any atom is -0.410 e. The summed E-state index contributed by atoms with van der Waals surface area (Å²) in [7, 11) is 0. The lowest BCUT2D eigenvalue weighted by molar-refractivity contribution is -0.185. The Morgan fingerprint density at radius 3 is 2.24 bits per heavy atom. The molecule has 1 aliphatic heterocycles. The fourth-order valence-corrected chi connectivity index (χ4v) is 3.89. The number of amides is 1. The molecular weight excluding hydrogens is 443 g/mol. The molecule has 0 spiro atoms. The van der Waals surface area contributed by atoms with Gasteiger partial charge in [0.25, 0.3) is 0 Å². The molecule has 1 amide bonds. The minimum absolute atomic E-state index is 0.0153. The molecule has 0 saturated heterocycles. The molecule has 1 aliphatic rings. The first-order valence-electron chi connectivity index (χ1n) is 10.5. The SMILES string of the molecule is CC1=CC(NC(=O)Oc2ccc(C)cc2)=C(c2ccccc2)NC1(c1ccncc1)C(F)(F)F. The van der Waals surface area contributed by atoms with E-state index in [1.54, 1.807) is 54.6 Å². The average Bonchev–Trinajstić information content (AvgIpc) is 2.81. The van der Waals surface area contributed by atoms with Crippen LogP contribution in [-0.2, 0) is 5.54 Å². The molecule has 8 heteroatoms. The summed E-state index contributed by atoms with van der Waals surface area (Å²) in [6.07, 6.45) is -1.56. The molecule has 1 unspecified atom stereocenters. The Bertz CT molecular complexity index is 1240. The normalized spacial score (nSPS) is 18.1. The molecule has 5 nitrogen and oxygen atoms in total. The molecule has 0 saturated carbocycles. The smallest absolute Gasteiger partial charge is 0.410 e. The van der Waals surface area contributed by atoms with Crippen molar-refractivity contribution in [3.8, 4) is 5.75 Å². The number of alkyl halides is 3. The van der Waals surface area contributed by atoms with Crippen molar-refractivity contribution in [1.29, 1.82) is 0 Å². The van der Waals surface area contributed by atoms with Crippen LogP contribution in [0.3, 0.4) is 0 Å². The molecule has 0 fully saturated rings. The maximum Gasteiger partial charge on any atom is 0.419 e. The van der Waals surface area contributed by atoms with Crippen LogP contribution < -0.4 is 15.4 Å². The summed E-state index contributed by atoms with van der Waals surface area (Å²) >= 11 is 0. The van der Waals surface area contributed by atoms with Gasteiger partial charge in [-0.3, -0.25) is 10.3 Å². The summed E-state index contributed by atoms with van der Waals surface area (Å²) in [5.74, 6) is 0.316. The summed E-state index contributed by atoms with van der Waals surface area (Å²) in [4.78, 5) is 16.5. The van der Waals surface area contributed by atoms with Crippen molar-refractivity contribution in [3.05, 3.63) is 113 Å². The van der Waals surface area contributed by atoms with E-state index in [4.69, 9.17) is 4.74 Å². The minimum atomic E-state index is -4.69. The number of aryl methyl sites for hydroxylation is 1. The number of dihydropyridines is 1. The monoisotopic (exact) mass is 465 g/mol. The number of aromatic nitrogens is 1. The van der Waals surface area contributed by atoms with Gasteiger partial charge in [-0.25, -0.2) is 4.79 Å². The van der Waals surface area contributed by atoms with Gasteiger partial charge in [0.15, 0.2) is 5.54 Å². The average molecular weight is 465 g/mol. The Kier molecular flexibility index (Phi) is 6.15. The third-order valence-corrected chi connectivity index (χ3v) is 5.60. The number of benzene rings is 2. The van der Waals surface area contributed by atoms with Crippen molar-refractivity contribution in [2.45, 2.75) is 25.6 Å². The van der Waals surface area contributed by atoms with Crippen molar-refractivity contribution in [2.75, 3.05) is 0 Å². The summed E-state index contributed by atoms with van der Waals surface area (Å²) in [6, 6.07) is 18.0. The van der Waals surface area contributed by atoms with E-state index in [1.165, 1.54) is 37.5 Å². The number of hydrogen-bond acceptors (Lipinski definition) is 4. The number of carbonyl (C=O) groups excluding carboxylic acids is 1. The Labute approximate surface area is 195 Å². The standard InChI is InChI=1S/C26H22F3N3O2/c1-17-8-10-21(11-9-17)34-24(33)31-22-16-18(2)25(26(27,28)29,20-12-14-30-15-13-20)32-23(22)19-6-4-3-5-7-19/h3-16,32H,1-2H3,(H,31,33). The quantitative estimate of drug-likeness (QED) is 0.507. The molecule has 0 aliphatic carbocycles. The molecule has 0 radical (unpaired) electrons. The van der Waals surface area contributed by atoms with E-state index < -0.39 is 17.8 Å². The Hall–Kier alpha value is -4.07. The van der Waals surface area contributed by atoms with Gasteiger partial charge < -0.3 is 10.1 Å². The maximum absolute atomic E-state index is 14.7. The zero-order chi connectivity index (χ0) is 24.3. The highest BCUT2D eigenvalue weighted by Crippen LogP contribution is 2.48. The number of halogens is 3. The molecule has 2 aromatic carbocycles. The molecule has 174 valence electrons. The molecule has 34 heavy (non-hydrogen) atoms. The zero-order valence-electron chi connectivity index (χ0n) is 18.5. The summed E-state index contributed by atoms with van der Waals surface area (Å²) < 4.78 is 49.3. The van der Waals surface area contributed by atoms with Gasteiger partial charge in [-0.2, -0.15) is 13.2 Å². The van der Waals surface area contributed by atoms with Gasteiger partial charge in [0.1, 0.15) is 5.75 Å². The first-order chi connectivity index (χ1) is 16.2. The van der Waals surface area contributed by atoms with Gasteiger partial charge in [0.05, 0.1) is 11.4 Å². The van der Waals surface area contributed by atoms with Crippen LogP contribution in [0.25, 0.3) is 5.70 Å². The van der Waals surface area contributed by atoms with Gasteiger partial charge in [0, 0.05) is 12.4 Å². The highest BCUT2D eigenvalue weighted by atomic mass is 19.4. The lowest BCUT2D eigenvalue weighted by Crippen LogP contribution is -2.56. The van der Waals surface area contributed by atoms with E-state index in [9.17, 15) is 18.0 Å². The fraction of sp³-hybridized carbons (Fsp3) is 0.154. The summed E-state index contributed by atoms with van der Waals surface area (Å²) in [6.45, 7) is 3.27. The van der Waals surface area contributed by atoms with Crippen LogP contribution in [0, 0.1) is 6.92 Å². The van der Waals surface area contributed by atoms with Crippen LogP contribution in [0.1, 0.15) is 23.6 Å². The van der Waals surface area contributed by atoms with Gasteiger partial charge in [-0.1, -0.05) is 48.0 Å². The van der Waals surface area contributed by atoms with Crippen LogP contribution in [-0.4, -0.2) is 17.3 Å². The Balaban J connectivity index is 1.77. The first-order valence-corrected chi connectivity index (χ1v) is 10.5. The molecule has 1 atom stereocenters. The molecular formula is C26H22F3N3O2. The third-order valence-electron chi connectivity index (χ3n) is 5.60. The van der Waals surface area contributed by atoms with Crippen LogP contribution >= 0.6 is 0 Å². The number of allylic oxidation sites excluding steroid dienone is 1. The summed E-state index contributed by atoms with van der Waals surface area (Å²) in [5, 5.41) is 5.31. The predicted octanol–water partition coefficient (Wildman–Crippen LogP) is 5.85.